The van der Waals surface area contributed by atoms with Crippen LogP contribution in [0.15, 0.2) is 66.7 Å². The molecular formula is C17H12O3. The lowest BCUT2D eigenvalue weighted by Gasteiger charge is -2.08. The van der Waals surface area contributed by atoms with Crippen LogP contribution in [0.1, 0.15) is 10.4 Å². The molecule has 0 saturated heterocycles. The van der Waals surface area contributed by atoms with E-state index in [1.165, 1.54) is 0 Å². The molecule has 0 bridgehead atoms. The van der Waals surface area contributed by atoms with Gasteiger partial charge in [-0.25, -0.2) is 4.79 Å². The number of hydrogen-bond donors (Lipinski definition) is 1. The molecule has 3 nitrogen and oxygen atoms in total. The SMILES string of the molecule is O=C(Oc1cc2ccccc2cc1O)c1ccccc1. The van der Waals surface area contributed by atoms with Gasteiger partial charge in [-0.05, 0) is 35.0 Å². The number of rotatable bonds is 2. The first-order valence-electron chi connectivity index (χ1n) is 6.23. The minimum Gasteiger partial charge on any atom is -0.504 e. The smallest absolute Gasteiger partial charge is 0.343 e. The third-order valence-electron chi connectivity index (χ3n) is 3.04. The van der Waals surface area contributed by atoms with Crippen molar-refractivity contribution in [1.29, 1.82) is 0 Å². The third-order valence-corrected chi connectivity index (χ3v) is 3.04. The Kier molecular flexibility index (Phi) is 3.09. The lowest BCUT2D eigenvalue weighted by molar-refractivity contribution is 0.0730. The maximum atomic E-state index is 12.0. The second-order valence-corrected chi connectivity index (χ2v) is 4.42. The molecule has 3 aromatic carbocycles. The highest BCUT2D eigenvalue weighted by molar-refractivity contribution is 5.93. The Labute approximate surface area is 116 Å². The molecule has 0 spiro atoms. The summed E-state index contributed by atoms with van der Waals surface area (Å²) in [4.78, 5) is 12.0. The van der Waals surface area contributed by atoms with Crippen molar-refractivity contribution in [2.24, 2.45) is 0 Å². The van der Waals surface area contributed by atoms with Gasteiger partial charge in [-0.1, -0.05) is 42.5 Å². The second kappa shape index (κ2) is 5.05. The standard InChI is InChI=1S/C17H12O3/c18-15-10-13-8-4-5-9-14(13)11-16(15)20-17(19)12-6-2-1-3-7-12/h1-11,18H. The van der Waals surface area contributed by atoms with Crippen molar-refractivity contribution in [3.05, 3.63) is 72.3 Å². The van der Waals surface area contributed by atoms with Gasteiger partial charge in [0.25, 0.3) is 0 Å². The van der Waals surface area contributed by atoms with Crippen molar-refractivity contribution < 1.29 is 14.6 Å². The fourth-order valence-electron chi connectivity index (χ4n) is 2.02. The minimum absolute atomic E-state index is 0.0482. The number of phenols is 1. The summed E-state index contributed by atoms with van der Waals surface area (Å²) in [6, 6.07) is 19.5. The van der Waals surface area contributed by atoms with Crippen LogP contribution in [0.25, 0.3) is 10.8 Å². The van der Waals surface area contributed by atoms with Crippen LogP contribution in [-0.2, 0) is 0 Å². The number of ether oxygens (including phenoxy) is 1. The molecule has 0 aliphatic rings. The highest BCUT2D eigenvalue weighted by atomic mass is 16.5. The molecule has 0 unspecified atom stereocenters. The largest absolute Gasteiger partial charge is 0.504 e. The fraction of sp³-hybridized carbons (Fsp3) is 0. The summed E-state index contributed by atoms with van der Waals surface area (Å²) >= 11 is 0. The van der Waals surface area contributed by atoms with Crippen molar-refractivity contribution in [1.82, 2.24) is 0 Å². The predicted molar refractivity (Wildman–Crippen MR) is 77.0 cm³/mol. The molecule has 1 N–H and O–H groups in total. The molecule has 0 amide bonds. The Morgan fingerprint density at radius 3 is 2.15 bits per heavy atom. The first kappa shape index (κ1) is 12.2. The van der Waals surface area contributed by atoms with Crippen LogP contribution in [0.4, 0.5) is 0 Å². The van der Waals surface area contributed by atoms with Crippen LogP contribution in [0, 0.1) is 0 Å². The van der Waals surface area contributed by atoms with E-state index in [-0.39, 0.29) is 11.5 Å². The fourth-order valence-corrected chi connectivity index (χ4v) is 2.02. The maximum Gasteiger partial charge on any atom is 0.343 e. The maximum absolute atomic E-state index is 12.0. The topological polar surface area (TPSA) is 46.5 Å². The van der Waals surface area contributed by atoms with Crippen LogP contribution >= 0.6 is 0 Å². The summed E-state index contributed by atoms with van der Waals surface area (Å²) < 4.78 is 5.25. The van der Waals surface area contributed by atoms with E-state index < -0.39 is 5.97 Å². The number of benzene rings is 3. The Hall–Kier alpha value is -2.81. The summed E-state index contributed by atoms with van der Waals surface area (Å²) in [6.07, 6.45) is 0. The van der Waals surface area contributed by atoms with Crippen molar-refractivity contribution in [2.75, 3.05) is 0 Å². The molecule has 0 saturated carbocycles. The molecule has 0 aliphatic carbocycles. The van der Waals surface area contributed by atoms with Crippen molar-refractivity contribution in [3.63, 3.8) is 0 Å². The predicted octanol–water partition coefficient (Wildman–Crippen LogP) is 3.76. The molecule has 3 heteroatoms. The molecule has 0 radical (unpaired) electrons. The van der Waals surface area contributed by atoms with E-state index in [0.29, 0.717) is 5.56 Å². The summed E-state index contributed by atoms with van der Waals surface area (Å²) in [5.41, 5.74) is 0.444. The average Bonchev–Trinajstić information content (AvgIpc) is 2.49. The van der Waals surface area contributed by atoms with Crippen molar-refractivity contribution >= 4 is 16.7 Å². The monoisotopic (exact) mass is 264 g/mol. The van der Waals surface area contributed by atoms with Gasteiger partial charge in [-0.15, -0.1) is 0 Å². The van der Waals surface area contributed by atoms with E-state index in [1.807, 2.05) is 30.3 Å². The Morgan fingerprint density at radius 1 is 0.850 bits per heavy atom. The average molecular weight is 264 g/mol. The molecule has 3 aromatic rings. The van der Waals surface area contributed by atoms with E-state index in [2.05, 4.69) is 0 Å². The van der Waals surface area contributed by atoms with E-state index >= 15 is 0 Å². The molecule has 0 aliphatic heterocycles. The summed E-state index contributed by atoms with van der Waals surface area (Å²) in [5.74, 6) is -0.373. The van der Waals surface area contributed by atoms with E-state index in [4.69, 9.17) is 4.74 Å². The number of carbonyl (C=O) groups is 1. The second-order valence-electron chi connectivity index (χ2n) is 4.42. The van der Waals surface area contributed by atoms with Gasteiger partial charge >= 0.3 is 5.97 Å². The highest BCUT2D eigenvalue weighted by Crippen LogP contribution is 2.31. The summed E-state index contributed by atoms with van der Waals surface area (Å²) in [6.45, 7) is 0. The first-order valence-corrected chi connectivity index (χ1v) is 6.23. The summed E-state index contributed by atoms with van der Waals surface area (Å²) in [7, 11) is 0. The number of hydrogen-bond acceptors (Lipinski definition) is 3. The lowest BCUT2D eigenvalue weighted by atomic mass is 10.1. The molecule has 0 fully saturated rings. The van der Waals surface area contributed by atoms with Crippen LogP contribution < -0.4 is 4.74 Å². The molecule has 20 heavy (non-hydrogen) atoms. The number of phenolic OH excluding ortho intramolecular Hbond substituents is 1. The Morgan fingerprint density at radius 2 is 1.45 bits per heavy atom. The van der Waals surface area contributed by atoms with Crippen LogP contribution in [-0.4, -0.2) is 11.1 Å². The quantitative estimate of drug-likeness (QED) is 0.566. The molecule has 0 heterocycles. The number of fused-ring (bicyclic) bond motifs is 1. The van der Waals surface area contributed by atoms with Gasteiger partial charge in [0, 0.05) is 0 Å². The molecule has 0 aromatic heterocycles. The summed E-state index contributed by atoms with van der Waals surface area (Å²) in [5, 5.41) is 11.7. The number of carbonyl (C=O) groups excluding carboxylic acids is 1. The van der Waals surface area contributed by atoms with Crippen molar-refractivity contribution in [2.45, 2.75) is 0 Å². The van der Waals surface area contributed by atoms with Gasteiger partial charge in [-0.3, -0.25) is 0 Å². The first-order chi connectivity index (χ1) is 9.74. The zero-order chi connectivity index (χ0) is 13.9. The van der Waals surface area contributed by atoms with Gasteiger partial charge in [0.15, 0.2) is 11.5 Å². The normalized spacial score (nSPS) is 10.4. The van der Waals surface area contributed by atoms with Crippen molar-refractivity contribution in [3.8, 4) is 11.5 Å². The zero-order valence-electron chi connectivity index (χ0n) is 10.6. The van der Waals surface area contributed by atoms with E-state index in [9.17, 15) is 9.90 Å². The molecular weight excluding hydrogens is 252 g/mol. The third kappa shape index (κ3) is 2.34. The molecule has 98 valence electrons. The van der Waals surface area contributed by atoms with E-state index in [0.717, 1.165) is 10.8 Å². The Balaban J connectivity index is 1.95. The van der Waals surface area contributed by atoms with Crippen LogP contribution in [0.5, 0.6) is 11.5 Å². The van der Waals surface area contributed by atoms with Gasteiger partial charge < -0.3 is 9.84 Å². The van der Waals surface area contributed by atoms with Crippen LogP contribution in [0.2, 0.25) is 0 Å². The number of esters is 1. The van der Waals surface area contributed by atoms with Gasteiger partial charge in [0.05, 0.1) is 5.56 Å². The Bertz CT molecular complexity index is 764. The lowest BCUT2D eigenvalue weighted by Crippen LogP contribution is -2.08. The van der Waals surface area contributed by atoms with Gasteiger partial charge in [0.2, 0.25) is 0 Å². The minimum atomic E-state index is -0.490. The highest BCUT2D eigenvalue weighted by Gasteiger charge is 2.12. The molecule has 3 rings (SSSR count). The molecule has 0 atom stereocenters. The number of aromatic hydroxyl groups is 1. The van der Waals surface area contributed by atoms with Gasteiger partial charge in [0.1, 0.15) is 0 Å². The van der Waals surface area contributed by atoms with Crippen LogP contribution in [0.3, 0.4) is 0 Å². The zero-order valence-corrected chi connectivity index (χ0v) is 10.6. The van der Waals surface area contributed by atoms with E-state index in [1.54, 1.807) is 36.4 Å². The van der Waals surface area contributed by atoms with Gasteiger partial charge in [-0.2, -0.15) is 0 Å².